The van der Waals surface area contributed by atoms with E-state index in [0.29, 0.717) is 6.61 Å². The van der Waals surface area contributed by atoms with Gasteiger partial charge in [-0.25, -0.2) is 0 Å². The zero-order valence-electron chi connectivity index (χ0n) is 27.1. The van der Waals surface area contributed by atoms with E-state index in [4.69, 9.17) is 13.6 Å². The van der Waals surface area contributed by atoms with E-state index in [2.05, 4.69) is 128 Å². The number of aryl methyl sites for hydroxylation is 2. The molecule has 0 saturated heterocycles. The van der Waals surface area contributed by atoms with E-state index in [1.807, 2.05) is 0 Å². The Morgan fingerprint density at radius 1 is 0.579 bits per heavy atom. The first-order valence-corrected chi connectivity index (χ1v) is 15.4. The third kappa shape index (κ3) is 8.46. The molecule has 0 aromatic heterocycles. The van der Waals surface area contributed by atoms with Crippen molar-refractivity contribution in [3.8, 4) is 11.5 Å². The molecule has 0 heterocycles. The Hall–Kier alpha value is -1.57. The molecule has 2 aromatic rings. The van der Waals surface area contributed by atoms with Crippen LogP contribution in [0.15, 0.2) is 24.3 Å². The van der Waals surface area contributed by atoms with Crippen LogP contribution >= 0.6 is 8.60 Å². The van der Waals surface area contributed by atoms with Crippen LogP contribution in [0.4, 0.5) is 0 Å². The van der Waals surface area contributed by atoms with E-state index in [9.17, 15) is 0 Å². The van der Waals surface area contributed by atoms with Crippen molar-refractivity contribution in [2.75, 3.05) is 6.61 Å². The number of unbranched alkanes of at least 4 members (excludes halogenated alkanes) is 1. The summed E-state index contributed by atoms with van der Waals surface area (Å²) in [6.07, 6.45) is 2.02. The molecule has 0 aliphatic heterocycles. The molecule has 4 heteroatoms. The van der Waals surface area contributed by atoms with Gasteiger partial charge in [0, 0.05) is 11.1 Å². The van der Waals surface area contributed by atoms with Crippen LogP contribution in [0.5, 0.6) is 11.5 Å². The summed E-state index contributed by atoms with van der Waals surface area (Å²) >= 11 is 0. The first-order valence-electron chi connectivity index (χ1n) is 14.3. The Bertz CT molecular complexity index is 1010. The molecule has 0 fully saturated rings. The fourth-order valence-corrected chi connectivity index (χ4v) is 5.48. The molecule has 0 aliphatic carbocycles. The summed E-state index contributed by atoms with van der Waals surface area (Å²) in [7, 11) is -1.66. The van der Waals surface area contributed by atoms with Crippen LogP contribution in [0.25, 0.3) is 0 Å². The van der Waals surface area contributed by atoms with Gasteiger partial charge < -0.3 is 9.05 Å². The molecule has 2 aromatic carbocycles. The molecule has 0 spiro atoms. The topological polar surface area (TPSA) is 27.7 Å². The second-order valence-corrected chi connectivity index (χ2v) is 16.0. The maximum absolute atomic E-state index is 6.76. The third-order valence-electron chi connectivity index (χ3n) is 6.92. The lowest BCUT2D eigenvalue weighted by molar-refractivity contribution is 0.257. The fraction of sp³-hybridized carbons (Fsp3) is 0.647. The highest BCUT2D eigenvalue weighted by Crippen LogP contribution is 2.50. The lowest BCUT2D eigenvalue weighted by Gasteiger charge is -2.31. The zero-order valence-corrected chi connectivity index (χ0v) is 28.0. The van der Waals surface area contributed by atoms with E-state index >= 15 is 0 Å². The van der Waals surface area contributed by atoms with Crippen molar-refractivity contribution in [2.24, 2.45) is 0 Å². The molecule has 0 aliphatic rings. The number of rotatable bonds is 8. The van der Waals surface area contributed by atoms with Crippen molar-refractivity contribution in [3.63, 3.8) is 0 Å². The fourth-order valence-electron chi connectivity index (χ4n) is 4.27. The Kier molecular flexibility index (Phi) is 10.2. The van der Waals surface area contributed by atoms with Gasteiger partial charge in [-0.15, -0.1) is 0 Å². The quantitative estimate of drug-likeness (QED) is 0.245. The highest BCUT2D eigenvalue weighted by molar-refractivity contribution is 7.42. The first kappa shape index (κ1) is 32.6. The average Bonchev–Trinajstić information content (AvgIpc) is 2.72. The predicted molar refractivity (Wildman–Crippen MR) is 166 cm³/mol. The Morgan fingerprint density at radius 2 is 0.947 bits per heavy atom. The lowest BCUT2D eigenvalue weighted by atomic mass is 9.79. The molecular formula is C34H55O3P. The standard InChI is InChI=1S/C34H55O3P/c1-16-17-18-35-38(36-29-23(2)19-25(31(4,5)6)21-27(29)33(10,11)12)37-30-24(3)20-26(32(7,8)9)22-28(30)34(13,14)15/h19-22H,16-18H2,1-15H3. The van der Waals surface area contributed by atoms with E-state index in [-0.39, 0.29) is 21.7 Å². The van der Waals surface area contributed by atoms with E-state index in [0.717, 1.165) is 35.5 Å². The molecule has 0 radical (unpaired) electrons. The minimum absolute atomic E-state index is 0.0513. The molecule has 0 unspecified atom stereocenters. The van der Waals surface area contributed by atoms with Gasteiger partial charge in [0.2, 0.25) is 0 Å². The minimum atomic E-state index is -1.66. The van der Waals surface area contributed by atoms with E-state index in [1.165, 1.54) is 22.3 Å². The normalized spacial score (nSPS) is 13.3. The molecule has 0 atom stereocenters. The first-order chi connectivity index (χ1) is 17.2. The summed E-state index contributed by atoms with van der Waals surface area (Å²) in [5.41, 5.74) is 7.16. The van der Waals surface area contributed by atoms with Crippen molar-refractivity contribution in [3.05, 3.63) is 57.6 Å². The van der Waals surface area contributed by atoms with Gasteiger partial charge in [-0.2, -0.15) is 0 Å². The maximum atomic E-state index is 6.76. The Balaban J connectivity index is 2.64. The van der Waals surface area contributed by atoms with Crippen molar-refractivity contribution >= 4 is 8.60 Å². The predicted octanol–water partition coefficient (Wildman–Crippen LogP) is 11.0. The van der Waals surface area contributed by atoms with Crippen LogP contribution in [0, 0.1) is 13.8 Å². The molecule has 0 amide bonds. The van der Waals surface area contributed by atoms with Crippen molar-refractivity contribution in [2.45, 2.75) is 138 Å². The molecule has 3 nitrogen and oxygen atoms in total. The van der Waals surface area contributed by atoms with E-state index < -0.39 is 8.60 Å². The van der Waals surface area contributed by atoms with Crippen LogP contribution in [-0.2, 0) is 26.2 Å². The smallest absolute Gasteiger partial charge is 0.417 e. The van der Waals surface area contributed by atoms with Crippen LogP contribution in [0.1, 0.15) is 136 Å². The summed E-state index contributed by atoms with van der Waals surface area (Å²) in [4.78, 5) is 0. The van der Waals surface area contributed by atoms with Crippen LogP contribution < -0.4 is 9.05 Å². The van der Waals surface area contributed by atoms with Crippen LogP contribution in [-0.4, -0.2) is 6.61 Å². The van der Waals surface area contributed by atoms with Gasteiger partial charge in [0.15, 0.2) is 0 Å². The van der Waals surface area contributed by atoms with Gasteiger partial charge in [-0.3, -0.25) is 4.52 Å². The molecular weight excluding hydrogens is 487 g/mol. The van der Waals surface area contributed by atoms with Crippen LogP contribution in [0.3, 0.4) is 0 Å². The van der Waals surface area contributed by atoms with Crippen LogP contribution in [0.2, 0.25) is 0 Å². The largest absolute Gasteiger partial charge is 0.463 e. The zero-order chi connectivity index (χ0) is 29.3. The summed E-state index contributed by atoms with van der Waals surface area (Å²) in [6.45, 7) is 34.1. The second-order valence-electron chi connectivity index (χ2n) is 14.9. The van der Waals surface area contributed by atoms with Crippen molar-refractivity contribution < 1.29 is 13.6 Å². The molecule has 214 valence electrons. The summed E-state index contributed by atoms with van der Waals surface area (Å²) in [6, 6.07) is 9.14. The van der Waals surface area contributed by atoms with Gasteiger partial charge in [0.05, 0.1) is 6.61 Å². The van der Waals surface area contributed by atoms with Gasteiger partial charge in [0.1, 0.15) is 11.5 Å². The Morgan fingerprint density at radius 3 is 1.24 bits per heavy atom. The van der Waals surface area contributed by atoms with Crippen molar-refractivity contribution in [1.29, 1.82) is 0 Å². The second kappa shape index (κ2) is 11.9. The summed E-state index contributed by atoms with van der Waals surface area (Å²) < 4.78 is 19.9. The monoisotopic (exact) mass is 542 g/mol. The summed E-state index contributed by atoms with van der Waals surface area (Å²) in [5, 5.41) is 0. The third-order valence-corrected chi connectivity index (χ3v) is 7.98. The van der Waals surface area contributed by atoms with E-state index in [1.54, 1.807) is 0 Å². The lowest BCUT2D eigenvalue weighted by Crippen LogP contribution is -2.19. The molecule has 0 N–H and O–H groups in total. The summed E-state index contributed by atoms with van der Waals surface area (Å²) in [5.74, 6) is 1.77. The molecule has 0 bridgehead atoms. The number of hydrogen-bond donors (Lipinski definition) is 0. The maximum Gasteiger partial charge on any atom is 0.463 e. The van der Waals surface area contributed by atoms with Gasteiger partial charge in [-0.1, -0.05) is 121 Å². The molecule has 2 rings (SSSR count). The highest BCUT2D eigenvalue weighted by atomic mass is 31.2. The highest BCUT2D eigenvalue weighted by Gasteiger charge is 2.31. The van der Waals surface area contributed by atoms with Gasteiger partial charge in [-0.05, 0) is 64.2 Å². The Labute approximate surface area is 236 Å². The van der Waals surface area contributed by atoms with Crippen molar-refractivity contribution in [1.82, 2.24) is 0 Å². The molecule has 0 saturated carbocycles. The molecule has 38 heavy (non-hydrogen) atoms. The van der Waals surface area contributed by atoms with Gasteiger partial charge >= 0.3 is 8.60 Å². The minimum Gasteiger partial charge on any atom is -0.417 e. The van der Waals surface area contributed by atoms with Gasteiger partial charge in [0.25, 0.3) is 0 Å². The average molecular weight is 543 g/mol. The number of benzene rings is 2. The SMILES string of the molecule is CCCCOP(Oc1c(C)cc(C(C)(C)C)cc1C(C)(C)C)Oc1c(C)cc(C(C)(C)C)cc1C(C)(C)C. The number of hydrogen-bond acceptors (Lipinski definition) is 3.